The fourth-order valence-electron chi connectivity index (χ4n) is 0.657. The van der Waals surface area contributed by atoms with Crippen molar-refractivity contribution >= 4 is 5.97 Å². The first-order valence-corrected chi connectivity index (χ1v) is 2.73. The maximum atomic E-state index is 12.5. The van der Waals surface area contributed by atoms with Crippen molar-refractivity contribution < 1.29 is 14.3 Å². The summed E-state index contributed by atoms with van der Waals surface area (Å²) in [5, 5.41) is 10.7. The zero-order chi connectivity index (χ0) is 7.56. The maximum absolute atomic E-state index is 12.5. The Bertz CT molecular complexity index is 210. The Hall–Kier alpha value is -1.32. The van der Waals surface area contributed by atoms with Gasteiger partial charge in [0.1, 0.15) is 5.83 Å². The van der Waals surface area contributed by atoms with Crippen LogP contribution in [0.15, 0.2) is 24.2 Å². The van der Waals surface area contributed by atoms with E-state index in [1.165, 1.54) is 12.3 Å². The van der Waals surface area contributed by atoms with Gasteiger partial charge in [-0.25, -0.2) is 9.18 Å². The first-order chi connectivity index (χ1) is 4.72. The van der Waals surface area contributed by atoms with Crippen LogP contribution in [-0.4, -0.2) is 17.1 Å². The van der Waals surface area contributed by atoms with E-state index in [0.29, 0.717) is 0 Å². The van der Waals surface area contributed by atoms with E-state index in [1.54, 1.807) is 0 Å². The number of carboxylic acid groups (broad SMARTS) is 1. The van der Waals surface area contributed by atoms with Crippen molar-refractivity contribution in [2.45, 2.75) is 6.04 Å². The third-order valence-corrected chi connectivity index (χ3v) is 1.14. The van der Waals surface area contributed by atoms with Gasteiger partial charge in [0.15, 0.2) is 6.04 Å². The number of allylic oxidation sites excluding steroid dienone is 2. The van der Waals surface area contributed by atoms with E-state index in [2.05, 4.69) is 5.32 Å². The fourth-order valence-corrected chi connectivity index (χ4v) is 0.657. The largest absolute Gasteiger partial charge is 0.479 e. The van der Waals surface area contributed by atoms with Crippen molar-refractivity contribution in [2.24, 2.45) is 0 Å². The van der Waals surface area contributed by atoms with Crippen LogP contribution in [0, 0.1) is 0 Å². The van der Waals surface area contributed by atoms with E-state index in [9.17, 15) is 9.18 Å². The van der Waals surface area contributed by atoms with Crippen LogP contribution in [0.1, 0.15) is 0 Å². The number of hydrogen-bond acceptors (Lipinski definition) is 2. The Labute approximate surface area is 56.9 Å². The van der Waals surface area contributed by atoms with E-state index in [4.69, 9.17) is 5.11 Å². The first-order valence-electron chi connectivity index (χ1n) is 2.73. The van der Waals surface area contributed by atoms with Gasteiger partial charge in [0.05, 0.1) is 0 Å². The van der Waals surface area contributed by atoms with Gasteiger partial charge in [-0.1, -0.05) is 0 Å². The van der Waals surface area contributed by atoms with Crippen molar-refractivity contribution in [2.75, 3.05) is 0 Å². The molecule has 0 radical (unpaired) electrons. The molecule has 4 heteroatoms. The van der Waals surface area contributed by atoms with Crippen molar-refractivity contribution in [1.29, 1.82) is 0 Å². The molecule has 0 aromatic carbocycles. The van der Waals surface area contributed by atoms with Crippen molar-refractivity contribution in [3.63, 3.8) is 0 Å². The second-order valence-electron chi connectivity index (χ2n) is 1.85. The van der Waals surface area contributed by atoms with Gasteiger partial charge in [-0.05, 0) is 18.4 Å². The summed E-state index contributed by atoms with van der Waals surface area (Å²) in [7, 11) is 0. The zero-order valence-electron chi connectivity index (χ0n) is 5.04. The lowest BCUT2D eigenvalue weighted by atomic mass is 10.2. The molecule has 0 saturated heterocycles. The van der Waals surface area contributed by atoms with E-state index < -0.39 is 17.8 Å². The summed E-state index contributed by atoms with van der Waals surface area (Å²) in [6.07, 6.45) is 3.92. The molecule has 1 aliphatic rings. The van der Waals surface area contributed by atoms with Crippen LogP contribution < -0.4 is 5.32 Å². The standard InChI is InChI=1S/C6H6FNO2/c7-4-2-1-3-8-5(4)6(9)10/h1-3,5,8H,(H,9,10). The molecule has 0 amide bonds. The van der Waals surface area contributed by atoms with Gasteiger partial charge in [0, 0.05) is 0 Å². The predicted molar refractivity (Wildman–Crippen MR) is 32.9 cm³/mol. The normalized spacial score (nSPS) is 23.3. The summed E-state index contributed by atoms with van der Waals surface area (Å²) in [5.41, 5.74) is 0. The second-order valence-corrected chi connectivity index (χ2v) is 1.85. The third-order valence-electron chi connectivity index (χ3n) is 1.14. The molecule has 0 aromatic heterocycles. The molecule has 10 heavy (non-hydrogen) atoms. The maximum Gasteiger partial charge on any atom is 0.333 e. The average molecular weight is 143 g/mol. The number of nitrogens with one attached hydrogen (secondary N) is 1. The Morgan fingerprint density at radius 2 is 2.50 bits per heavy atom. The molecule has 1 heterocycles. The average Bonchev–Trinajstić information content (AvgIpc) is 1.88. The molecular weight excluding hydrogens is 137 g/mol. The Morgan fingerprint density at radius 3 is 2.90 bits per heavy atom. The number of rotatable bonds is 1. The van der Waals surface area contributed by atoms with Gasteiger partial charge in [-0.15, -0.1) is 0 Å². The highest BCUT2D eigenvalue weighted by molar-refractivity contribution is 5.77. The highest BCUT2D eigenvalue weighted by Gasteiger charge is 2.21. The summed E-state index contributed by atoms with van der Waals surface area (Å²) in [4.78, 5) is 10.2. The summed E-state index contributed by atoms with van der Waals surface area (Å²) < 4.78 is 12.5. The molecule has 3 nitrogen and oxygen atoms in total. The van der Waals surface area contributed by atoms with Gasteiger partial charge in [-0.2, -0.15) is 0 Å². The Balaban J connectivity index is 2.73. The van der Waals surface area contributed by atoms with Gasteiger partial charge in [-0.3, -0.25) is 0 Å². The summed E-state index contributed by atoms with van der Waals surface area (Å²) in [6.45, 7) is 0. The molecule has 0 bridgehead atoms. The van der Waals surface area contributed by atoms with Crippen LogP contribution >= 0.6 is 0 Å². The van der Waals surface area contributed by atoms with E-state index in [-0.39, 0.29) is 0 Å². The van der Waals surface area contributed by atoms with E-state index in [1.807, 2.05) is 0 Å². The molecule has 1 aliphatic heterocycles. The molecular formula is C6H6FNO2. The minimum Gasteiger partial charge on any atom is -0.479 e. The van der Waals surface area contributed by atoms with E-state index in [0.717, 1.165) is 6.08 Å². The zero-order valence-corrected chi connectivity index (χ0v) is 5.04. The van der Waals surface area contributed by atoms with Crippen molar-refractivity contribution in [1.82, 2.24) is 5.32 Å². The highest BCUT2D eigenvalue weighted by Crippen LogP contribution is 2.07. The molecule has 1 unspecified atom stereocenters. The van der Waals surface area contributed by atoms with E-state index >= 15 is 0 Å². The Morgan fingerprint density at radius 1 is 1.80 bits per heavy atom. The number of carbonyl (C=O) groups is 1. The first kappa shape index (κ1) is 6.80. The molecule has 0 aromatic rings. The number of dihydropyridines is 1. The van der Waals surface area contributed by atoms with Gasteiger partial charge in [0.25, 0.3) is 0 Å². The molecule has 0 spiro atoms. The second kappa shape index (κ2) is 2.51. The van der Waals surface area contributed by atoms with Crippen molar-refractivity contribution in [3.8, 4) is 0 Å². The van der Waals surface area contributed by atoms with Crippen LogP contribution in [0.3, 0.4) is 0 Å². The monoisotopic (exact) mass is 143 g/mol. The third kappa shape index (κ3) is 1.15. The molecule has 1 rings (SSSR count). The highest BCUT2D eigenvalue weighted by atomic mass is 19.1. The SMILES string of the molecule is O=C(O)C1NC=CC=C1F. The molecule has 1 atom stereocenters. The predicted octanol–water partition coefficient (Wildman–Crippen LogP) is 0.410. The molecule has 0 aliphatic carbocycles. The number of halogens is 1. The van der Waals surface area contributed by atoms with Crippen LogP contribution in [0.4, 0.5) is 4.39 Å². The molecule has 0 saturated carbocycles. The van der Waals surface area contributed by atoms with Crippen LogP contribution in [0.2, 0.25) is 0 Å². The topological polar surface area (TPSA) is 49.3 Å². The van der Waals surface area contributed by atoms with Crippen LogP contribution in [0.25, 0.3) is 0 Å². The Kier molecular flexibility index (Phi) is 1.71. The minimum atomic E-state index is -1.21. The molecule has 54 valence electrons. The van der Waals surface area contributed by atoms with Crippen LogP contribution in [0.5, 0.6) is 0 Å². The fraction of sp³-hybridized carbons (Fsp3) is 0.167. The smallest absolute Gasteiger partial charge is 0.333 e. The summed E-state index contributed by atoms with van der Waals surface area (Å²) in [6, 6.07) is -1.20. The summed E-state index contributed by atoms with van der Waals surface area (Å²) in [5.74, 6) is -1.88. The van der Waals surface area contributed by atoms with Crippen LogP contribution in [-0.2, 0) is 4.79 Å². The number of carboxylic acids is 1. The summed E-state index contributed by atoms with van der Waals surface area (Å²) >= 11 is 0. The van der Waals surface area contributed by atoms with Gasteiger partial charge < -0.3 is 10.4 Å². The minimum absolute atomic E-state index is 0.671. The van der Waals surface area contributed by atoms with Crippen molar-refractivity contribution in [3.05, 3.63) is 24.2 Å². The lowest BCUT2D eigenvalue weighted by molar-refractivity contribution is -0.138. The lowest BCUT2D eigenvalue weighted by Gasteiger charge is -2.12. The van der Waals surface area contributed by atoms with Gasteiger partial charge >= 0.3 is 5.97 Å². The quantitative estimate of drug-likeness (QED) is 0.559. The molecule has 2 N–H and O–H groups in total. The molecule has 0 fully saturated rings. The number of aliphatic carboxylic acids is 1. The van der Waals surface area contributed by atoms with Gasteiger partial charge in [0.2, 0.25) is 0 Å². The lowest BCUT2D eigenvalue weighted by Crippen LogP contribution is -2.34. The number of hydrogen-bond donors (Lipinski definition) is 2.